The van der Waals surface area contributed by atoms with Gasteiger partial charge in [0.25, 0.3) is 0 Å². The molecule has 0 aromatic carbocycles. The van der Waals surface area contributed by atoms with E-state index in [2.05, 4.69) is 43.5 Å². The van der Waals surface area contributed by atoms with Gasteiger partial charge in [-0.05, 0) is 70.6 Å². The van der Waals surface area contributed by atoms with Crippen molar-refractivity contribution in [1.29, 1.82) is 0 Å². The van der Waals surface area contributed by atoms with Crippen LogP contribution in [-0.4, -0.2) is 47.4 Å². The Kier molecular flexibility index (Phi) is 39.8. The number of rotatable bonds is 40. The third kappa shape index (κ3) is 37.9. The van der Waals surface area contributed by atoms with Crippen molar-refractivity contribution >= 4 is 11.9 Å². The van der Waals surface area contributed by atoms with Crippen molar-refractivity contribution in [3.63, 3.8) is 0 Å². The topological polar surface area (TPSA) is 95.9 Å². The SMILES string of the molecule is CCCCCCCC/C=C\CCCCCCCC(=O)OCCCCCC/C=C\CCCC(=O)NC(CO)C(O)CCCCCCCCCCCC. The normalized spacial score (nSPS) is 12.9. The summed E-state index contributed by atoms with van der Waals surface area (Å²) in [6.45, 7) is 4.82. The van der Waals surface area contributed by atoms with Gasteiger partial charge in [0.2, 0.25) is 5.91 Å². The lowest BCUT2D eigenvalue weighted by atomic mass is 10.0. The first-order valence-corrected chi connectivity index (χ1v) is 22.1. The Morgan fingerprint density at radius 2 is 0.941 bits per heavy atom. The molecule has 51 heavy (non-hydrogen) atoms. The minimum Gasteiger partial charge on any atom is -0.466 e. The summed E-state index contributed by atoms with van der Waals surface area (Å²) in [6, 6.07) is -0.577. The minimum absolute atomic E-state index is 0.0448. The van der Waals surface area contributed by atoms with Gasteiger partial charge in [0, 0.05) is 12.8 Å². The Morgan fingerprint density at radius 3 is 1.43 bits per heavy atom. The van der Waals surface area contributed by atoms with Gasteiger partial charge in [-0.15, -0.1) is 0 Å². The molecule has 0 aromatic heterocycles. The highest BCUT2D eigenvalue weighted by Gasteiger charge is 2.19. The summed E-state index contributed by atoms with van der Waals surface area (Å²) in [4.78, 5) is 24.3. The molecule has 0 aliphatic heterocycles. The molecule has 0 heterocycles. The van der Waals surface area contributed by atoms with Crippen molar-refractivity contribution < 1.29 is 24.5 Å². The average molecular weight is 720 g/mol. The largest absolute Gasteiger partial charge is 0.466 e. The summed E-state index contributed by atoms with van der Waals surface area (Å²) in [5.74, 6) is -0.144. The molecular weight excluding hydrogens is 634 g/mol. The van der Waals surface area contributed by atoms with Gasteiger partial charge in [-0.3, -0.25) is 9.59 Å². The van der Waals surface area contributed by atoms with Crippen molar-refractivity contribution in [3.8, 4) is 0 Å². The Bertz CT molecular complexity index is 797. The van der Waals surface area contributed by atoms with E-state index in [1.54, 1.807) is 0 Å². The number of carbonyl (C=O) groups excluding carboxylic acids is 2. The van der Waals surface area contributed by atoms with E-state index in [9.17, 15) is 19.8 Å². The number of allylic oxidation sites excluding steroid dienone is 4. The highest BCUT2D eigenvalue weighted by molar-refractivity contribution is 5.76. The molecule has 6 heteroatoms. The first-order valence-electron chi connectivity index (χ1n) is 22.1. The van der Waals surface area contributed by atoms with Crippen LogP contribution in [0.1, 0.15) is 226 Å². The summed E-state index contributed by atoms with van der Waals surface area (Å²) in [7, 11) is 0. The Morgan fingerprint density at radius 1 is 0.529 bits per heavy atom. The highest BCUT2D eigenvalue weighted by Crippen LogP contribution is 2.14. The molecule has 0 saturated heterocycles. The van der Waals surface area contributed by atoms with Gasteiger partial charge >= 0.3 is 5.97 Å². The molecule has 0 radical (unpaired) electrons. The number of ether oxygens (including phenoxy) is 1. The maximum atomic E-state index is 12.3. The third-order valence-corrected chi connectivity index (χ3v) is 9.97. The van der Waals surface area contributed by atoms with Crippen molar-refractivity contribution in [2.75, 3.05) is 13.2 Å². The van der Waals surface area contributed by atoms with E-state index in [1.807, 2.05) is 0 Å². The number of aliphatic hydroxyl groups excluding tert-OH is 2. The molecule has 300 valence electrons. The first kappa shape index (κ1) is 49.3. The van der Waals surface area contributed by atoms with Crippen molar-refractivity contribution in [2.45, 2.75) is 238 Å². The molecule has 6 nitrogen and oxygen atoms in total. The van der Waals surface area contributed by atoms with Crippen LogP contribution in [0.25, 0.3) is 0 Å². The van der Waals surface area contributed by atoms with Crippen molar-refractivity contribution in [3.05, 3.63) is 24.3 Å². The quantitative estimate of drug-likeness (QED) is 0.0333. The average Bonchev–Trinajstić information content (AvgIpc) is 3.13. The van der Waals surface area contributed by atoms with Gasteiger partial charge in [-0.25, -0.2) is 0 Å². The predicted octanol–water partition coefficient (Wildman–Crippen LogP) is 12.4. The second-order valence-corrected chi connectivity index (χ2v) is 15.0. The number of carbonyl (C=O) groups is 2. The minimum atomic E-state index is -0.693. The monoisotopic (exact) mass is 720 g/mol. The van der Waals surface area contributed by atoms with E-state index in [1.165, 1.54) is 122 Å². The molecule has 0 aromatic rings. The van der Waals surface area contributed by atoms with Gasteiger partial charge in [0.1, 0.15) is 0 Å². The lowest BCUT2D eigenvalue weighted by molar-refractivity contribution is -0.143. The van der Waals surface area contributed by atoms with E-state index in [4.69, 9.17) is 4.74 Å². The number of hydrogen-bond acceptors (Lipinski definition) is 5. The van der Waals surface area contributed by atoms with Crippen LogP contribution in [0, 0.1) is 0 Å². The summed E-state index contributed by atoms with van der Waals surface area (Å²) >= 11 is 0. The smallest absolute Gasteiger partial charge is 0.305 e. The van der Waals surface area contributed by atoms with Crippen LogP contribution >= 0.6 is 0 Å². The summed E-state index contributed by atoms with van der Waals surface area (Å²) < 4.78 is 5.42. The fourth-order valence-corrected chi connectivity index (χ4v) is 6.52. The van der Waals surface area contributed by atoms with Crippen molar-refractivity contribution in [2.24, 2.45) is 0 Å². The molecule has 1 amide bonds. The number of nitrogens with one attached hydrogen (secondary N) is 1. The molecule has 0 saturated carbocycles. The molecule has 0 aliphatic carbocycles. The van der Waals surface area contributed by atoms with Gasteiger partial charge in [-0.2, -0.15) is 0 Å². The molecule has 0 aliphatic rings. The van der Waals surface area contributed by atoms with Crippen LogP contribution in [0.15, 0.2) is 24.3 Å². The van der Waals surface area contributed by atoms with Gasteiger partial charge in [0.05, 0.1) is 25.4 Å². The Labute approximate surface area is 316 Å². The second-order valence-electron chi connectivity index (χ2n) is 15.0. The van der Waals surface area contributed by atoms with Crippen LogP contribution in [-0.2, 0) is 14.3 Å². The predicted molar refractivity (Wildman–Crippen MR) is 218 cm³/mol. The molecule has 3 N–H and O–H groups in total. The molecular formula is C45H85NO5. The fraction of sp³-hybridized carbons (Fsp3) is 0.867. The maximum absolute atomic E-state index is 12.3. The molecule has 0 fully saturated rings. The number of amides is 1. The number of unbranched alkanes of at least 4 members (excludes halogenated alkanes) is 25. The van der Waals surface area contributed by atoms with Gasteiger partial charge in [-0.1, -0.05) is 167 Å². The summed E-state index contributed by atoms with van der Waals surface area (Å²) in [5.41, 5.74) is 0. The number of hydrogen-bond donors (Lipinski definition) is 3. The summed E-state index contributed by atoms with van der Waals surface area (Å²) in [5, 5.41) is 23.0. The van der Waals surface area contributed by atoms with E-state index in [0.717, 1.165) is 70.6 Å². The highest BCUT2D eigenvalue weighted by atomic mass is 16.5. The molecule has 0 rings (SSSR count). The zero-order valence-corrected chi connectivity index (χ0v) is 33.8. The van der Waals surface area contributed by atoms with Crippen LogP contribution in [0.4, 0.5) is 0 Å². The third-order valence-electron chi connectivity index (χ3n) is 9.97. The Hall–Kier alpha value is -1.66. The zero-order chi connectivity index (χ0) is 37.3. The molecule has 0 bridgehead atoms. The van der Waals surface area contributed by atoms with E-state index in [-0.39, 0.29) is 18.5 Å². The van der Waals surface area contributed by atoms with Gasteiger partial charge in [0.15, 0.2) is 0 Å². The maximum Gasteiger partial charge on any atom is 0.305 e. The zero-order valence-electron chi connectivity index (χ0n) is 33.8. The lowest BCUT2D eigenvalue weighted by Gasteiger charge is -2.22. The number of aliphatic hydroxyl groups is 2. The lowest BCUT2D eigenvalue weighted by Crippen LogP contribution is -2.45. The fourth-order valence-electron chi connectivity index (χ4n) is 6.52. The van der Waals surface area contributed by atoms with Crippen molar-refractivity contribution in [1.82, 2.24) is 5.32 Å². The van der Waals surface area contributed by atoms with E-state index >= 15 is 0 Å². The van der Waals surface area contributed by atoms with Crippen LogP contribution in [0.5, 0.6) is 0 Å². The molecule has 0 spiro atoms. The van der Waals surface area contributed by atoms with Crippen LogP contribution in [0.2, 0.25) is 0 Å². The number of esters is 1. The summed E-state index contributed by atoms with van der Waals surface area (Å²) in [6.07, 6.45) is 45.7. The molecule has 2 atom stereocenters. The Balaban J connectivity index is 3.55. The second kappa shape index (κ2) is 41.1. The van der Waals surface area contributed by atoms with Crippen LogP contribution < -0.4 is 5.32 Å². The van der Waals surface area contributed by atoms with Gasteiger partial charge < -0.3 is 20.3 Å². The van der Waals surface area contributed by atoms with E-state index in [0.29, 0.717) is 25.9 Å². The first-order chi connectivity index (χ1) is 25.0. The standard InChI is InChI=1S/C45H85NO5/c1-3-5-7-9-11-13-15-16-17-18-19-23-27-31-35-39-45(50)51-40-36-32-28-24-20-22-26-30-34-38-44(49)46-42(41-47)43(48)37-33-29-25-21-14-12-10-8-6-4-2/h16-17,22,26,42-43,47-48H,3-15,18-21,23-25,27-41H2,1-2H3,(H,46,49)/b17-16-,26-22-. The molecule has 2 unspecified atom stereocenters. The van der Waals surface area contributed by atoms with E-state index < -0.39 is 12.1 Å². The van der Waals surface area contributed by atoms with Crippen LogP contribution in [0.3, 0.4) is 0 Å².